The number of carbonyl (C=O) groups is 1. The second kappa shape index (κ2) is 2.91. The van der Waals surface area contributed by atoms with Gasteiger partial charge in [-0.05, 0) is 38.7 Å². The summed E-state index contributed by atoms with van der Waals surface area (Å²) in [6, 6.07) is 0. The Morgan fingerprint density at radius 2 is 2.36 bits per heavy atom. The minimum atomic E-state index is -0.818. The number of epoxide rings is 1. The number of carbonyl (C=O) groups excluding carboxylic acids is 1. The van der Waals surface area contributed by atoms with E-state index < -0.39 is 11.1 Å². The number of ketones is 1. The van der Waals surface area contributed by atoms with Crippen LogP contribution >= 0.6 is 0 Å². The van der Waals surface area contributed by atoms with E-state index in [2.05, 4.69) is 6.08 Å². The summed E-state index contributed by atoms with van der Waals surface area (Å²) >= 11 is 0. The Balaban J connectivity index is 2.18. The Kier molecular flexibility index (Phi) is 2.05. The van der Waals surface area contributed by atoms with Crippen LogP contribution in [0.2, 0.25) is 0 Å². The van der Waals surface area contributed by atoms with Crippen molar-refractivity contribution in [2.75, 3.05) is 6.61 Å². The number of allylic oxidation sites excluding steroid dienone is 1. The first-order valence-corrected chi connectivity index (χ1v) is 5.14. The van der Waals surface area contributed by atoms with E-state index in [0.717, 1.165) is 24.8 Å². The van der Waals surface area contributed by atoms with Crippen molar-refractivity contribution in [2.45, 2.75) is 44.2 Å². The van der Waals surface area contributed by atoms with Crippen molar-refractivity contribution in [1.29, 1.82) is 0 Å². The van der Waals surface area contributed by atoms with Crippen LogP contribution in [0.5, 0.6) is 0 Å². The van der Waals surface area contributed by atoms with Gasteiger partial charge in [0.2, 0.25) is 0 Å². The van der Waals surface area contributed by atoms with Crippen LogP contribution in [0.4, 0.5) is 0 Å². The van der Waals surface area contributed by atoms with Crippen LogP contribution in [0.1, 0.15) is 33.1 Å². The molecular weight excluding hydrogens is 178 g/mol. The van der Waals surface area contributed by atoms with E-state index in [1.54, 1.807) is 6.92 Å². The lowest BCUT2D eigenvalue weighted by Gasteiger charge is -2.26. The van der Waals surface area contributed by atoms with E-state index in [0.29, 0.717) is 6.61 Å². The van der Waals surface area contributed by atoms with Crippen LogP contribution < -0.4 is 5.73 Å². The highest BCUT2D eigenvalue weighted by molar-refractivity contribution is 5.99. The van der Waals surface area contributed by atoms with Gasteiger partial charge in [-0.1, -0.05) is 6.08 Å². The van der Waals surface area contributed by atoms with E-state index in [-0.39, 0.29) is 5.78 Å². The lowest BCUT2D eigenvalue weighted by Crippen LogP contribution is -2.52. The average molecular weight is 195 g/mol. The molecule has 3 nitrogen and oxygen atoms in total. The van der Waals surface area contributed by atoms with Crippen molar-refractivity contribution in [3.63, 3.8) is 0 Å². The highest BCUT2D eigenvalue weighted by Gasteiger charge is 2.54. The summed E-state index contributed by atoms with van der Waals surface area (Å²) in [4.78, 5) is 12.0. The third-order valence-corrected chi connectivity index (χ3v) is 3.24. The van der Waals surface area contributed by atoms with Gasteiger partial charge in [0.15, 0.2) is 5.78 Å². The number of rotatable bonds is 3. The van der Waals surface area contributed by atoms with E-state index in [4.69, 9.17) is 10.5 Å². The first kappa shape index (κ1) is 9.87. The van der Waals surface area contributed by atoms with Crippen LogP contribution in [0.25, 0.3) is 0 Å². The molecule has 0 saturated carbocycles. The van der Waals surface area contributed by atoms with Crippen molar-refractivity contribution in [1.82, 2.24) is 0 Å². The fourth-order valence-electron chi connectivity index (χ4n) is 2.08. The summed E-state index contributed by atoms with van der Waals surface area (Å²) in [7, 11) is 0. The molecule has 1 fully saturated rings. The fourth-order valence-corrected chi connectivity index (χ4v) is 2.08. The first-order chi connectivity index (χ1) is 6.47. The summed E-state index contributed by atoms with van der Waals surface area (Å²) in [5.41, 5.74) is 5.75. The largest absolute Gasteiger partial charge is 0.361 e. The summed E-state index contributed by atoms with van der Waals surface area (Å²) in [5.74, 6) is 0.0261. The monoisotopic (exact) mass is 195 g/mol. The Hall–Kier alpha value is -0.670. The maximum Gasteiger partial charge on any atom is 0.190 e. The molecule has 2 aliphatic rings. The van der Waals surface area contributed by atoms with Gasteiger partial charge in [0.05, 0.1) is 12.1 Å². The predicted molar refractivity (Wildman–Crippen MR) is 53.9 cm³/mol. The van der Waals surface area contributed by atoms with Crippen LogP contribution in [0, 0.1) is 0 Å². The molecule has 1 aliphatic heterocycles. The van der Waals surface area contributed by atoms with Crippen LogP contribution in [-0.4, -0.2) is 23.5 Å². The molecule has 14 heavy (non-hydrogen) atoms. The molecule has 2 rings (SSSR count). The molecule has 1 saturated heterocycles. The molecule has 0 spiro atoms. The van der Waals surface area contributed by atoms with Gasteiger partial charge in [0.1, 0.15) is 5.60 Å². The van der Waals surface area contributed by atoms with Gasteiger partial charge in [0, 0.05) is 0 Å². The summed E-state index contributed by atoms with van der Waals surface area (Å²) in [6.07, 6.45) is 5.22. The molecule has 0 amide bonds. The zero-order valence-corrected chi connectivity index (χ0v) is 8.80. The Bertz CT molecular complexity index is 300. The molecule has 0 unspecified atom stereocenters. The lowest BCUT2D eigenvalue weighted by atomic mass is 9.82. The van der Waals surface area contributed by atoms with Gasteiger partial charge in [-0.15, -0.1) is 0 Å². The van der Waals surface area contributed by atoms with Crippen molar-refractivity contribution < 1.29 is 9.53 Å². The van der Waals surface area contributed by atoms with Gasteiger partial charge in [0.25, 0.3) is 0 Å². The van der Waals surface area contributed by atoms with E-state index in [1.807, 2.05) is 6.92 Å². The second-order valence-electron chi connectivity index (χ2n) is 4.67. The minimum absolute atomic E-state index is 0.0261. The molecule has 1 aliphatic carbocycles. The fraction of sp³-hybridized carbons (Fsp3) is 0.727. The van der Waals surface area contributed by atoms with E-state index in [9.17, 15) is 4.79 Å². The predicted octanol–water partition coefficient (Wildman–Crippen LogP) is 1.17. The molecule has 0 aromatic rings. The molecule has 2 atom stereocenters. The molecule has 0 bridgehead atoms. The molecule has 78 valence electrons. The molecule has 1 heterocycles. The lowest BCUT2D eigenvalue weighted by molar-refractivity contribution is -0.127. The minimum Gasteiger partial charge on any atom is -0.361 e. The van der Waals surface area contributed by atoms with Gasteiger partial charge in [-0.25, -0.2) is 0 Å². The standard InChI is InChI=1S/C11H17NO2/c1-10(7-14-10)9(13)11(2,12)8-5-3-4-6-8/h5H,3-4,6-7,12H2,1-2H3/t10-,11+/m1/s1. The number of nitrogens with two attached hydrogens (primary N) is 1. The number of hydrogen-bond donors (Lipinski definition) is 1. The van der Waals surface area contributed by atoms with E-state index >= 15 is 0 Å². The number of Topliss-reactive ketones (excluding diaryl/α,β-unsaturated/α-hetero) is 1. The van der Waals surface area contributed by atoms with Gasteiger partial charge in [-0.2, -0.15) is 0 Å². The van der Waals surface area contributed by atoms with Gasteiger partial charge >= 0.3 is 0 Å². The first-order valence-electron chi connectivity index (χ1n) is 5.14. The number of ether oxygens (including phenoxy) is 1. The zero-order valence-electron chi connectivity index (χ0n) is 8.80. The Morgan fingerprint density at radius 1 is 1.71 bits per heavy atom. The molecular formula is C11H17NO2. The van der Waals surface area contributed by atoms with Crippen LogP contribution in [-0.2, 0) is 9.53 Å². The molecule has 3 heteroatoms. The molecule has 0 aromatic carbocycles. The molecule has 0 radical (unpaired) electrons. The molecule has 2 N–H and O–H groups in total. The van der Waals surface area contributed by atoms with Crippen molar-refractivity contribution in [3.05, 3.63) is 11.6 Å². The Labute approximate surface area is 84.3 Å². The maximum atomic E-state index is 12.0. The normalized spacial score (nSPS) is 34.9. The van der Waals surface area contributed by atoms with Crippen molar-refractivity contribution >= 4 is 5.78 Å². The summed E-state index contributed by atoms with van der Waals surface area (Å²) < 4.78 is 5.15. The average Bonchev–Trinajstić information content (AvgIpc) is 2.72. The molecule has 0 aromatic heterocycles. The second-order valence-corrected chi connectivity index (χ2v) is 4.67. The van der Waals surface area contributed by atoms with E-state index in [1.165, 1.54) is 0 Å². The highest BCUT2D eigenvalue weighted by Crippen LogP contribution is 2.36. The topological polar surface area (TPSA) is 55.6 Å². The highest BCUT2D eigenvalue weighted by atomic mass is 16.6. The zero-order chi connectivity index (χ0) is 10.4. The number of hydrogen-bond acceptors (Lipinski definition) is 3. The van der Waals surface area contributed by atoms with Crippen LogP contribution in [0.15, 0.2) is 11.6 Å². The Morgan fingerprint density at radius 3 is 2.79 bits per heavy atom. The smallest absolute Gasteiger partial charge is 0.190 e. The SMILES string of the molecule is C[C@@](N)(C(=O)[C@@]1(C)CO1)C1=CCCC1. The van der Waals surface area contributed by atoms with Crippen molar-refractivity contribution in [2.24, 2.45) is 5.73 Å². The quantitative estimate of drug-likeness (QED) is 0.543. The van der Waals surface area contributed by atoms with Gasteiger partial charge < -0.3 is 10.5 Å². The van der Waals surface area contributed by atoms with Gasteiger partial charge in [-0.3, -0.25) is 4.79 Å². The summed E-state index contributed by atoms with van der Waals surface area (Å²) in [5, 5.41) is 0. The third-order valence-electron chi connectivity index (χ3n) is 3.24. The third kappa shape index (κ3) is 1.41. The maximum absolute atomic E-state index is 12.0. The van der Waals surface area contributed by atoms with Crippen LogP contribution in [0.3, 0.4) is 0 Å². The summed E-state index contributed by atoms with van der Waals surface area (Å²) in [6.45, 7) is 4.14. The van der Waals surface area contributed by atoms with Crippen molar-refractivity contribution in [3.8, 4) is 0 Å².